The van der Waals surface area contributed by atoms with Crippen LogP contribution in [0.15, 0.2) is 199 Å². The Labute approximate surface area is 316 Å². The summed E-state index contributed by atoms with van der Waals surface area (Å²) in [5.74, 6) is 0. The van der Waals surface area contributed by atoms with Crippen molar-refractivity contribution in [2.45, 2.75) is 0 Å². The number of furan rings is 1. The largest absolute Gasteiger partial charge is 0.456 e. The summed E-state index contributed by atoms with van der Waals surface area (Å²) >= 11 is 0. The SMILES string of the molecule is c1ccc(-c2cccc3c2c2cc(-c4ccc5c(c4)c4cc6ccccc6cc4n5-c4ccc5c(c4)oc4ccccc45)ccc2n3-c2ccccc2)cc1. The van der Waals surface area contributed by atoms with Crippen molar-refractivity contribution < 1.29 is 4.42 Å². The lowest BCUT2D eigenvalue weighted by atomic mass is 9.97. The van der Waals surface area contributed by atoms with Crippen molar-refractivity contribution in [2.24, 2.45) is 0 Å². The lowest BCUT2D eigenvalue weighted by Gasteiger charge is -2.09. The Balaban J connectivity index is 1.11. The van der Waals surface area contributed by atoms with E-state index in [0.29, 0.717) is 0 Å². The molecule has 0 aliphatic heterocycles. The molecule has 9 aromatic carbocycles. The third-order valence-corrected chi connectivity index (χ3v) is 11.5. The number of benzene rings is 9. The molecule has 0 amide bonds. The second-order valence-electron chi connectivity index (χ2n) is 14.5. The molecule has 12 aromatic rings. The average Bonchev–Trinajstić information content (AvgIpc) is 3.90. The Kier molecular flexibility index (Phi) is 6.34. The van der Waals surface area contributed by atoms with Gasteiger partial charge in [0.25, 0.3) is 0 Å². The van der Waals surface area contributed by atoms with Crippen molar-refractivity contribution in [3.8, 4) is 33.6 Å². The van der Waals surface area contributed by atoms with Crippen LogP contribution in [0.2, 0.25) is 0 Å². The van der Waals surface area contributed by atoms with Crippen molar-refractivity contribution in [3.05, 3.63) is 194 Å². The smallest absolute Gasteiger partial charge is 0.137 e. The summed E-state index contributed by atoms with van der Waals surface area (Å²) in [6, 6.07) is 70.4. The van der Waals surface area contributed by atoms with Crippen LogP contribution in [-0.4, -0.2) is 9.13 Å². The van der Waals surface area contributed by atoms with Gasteiger partial charge in [-0.15, -0.1) is 0 Å². The standard InChI is InChI=1S/C52H32N2O/c1-3-12-33(13-4-1)40-19-11-20-48-52(40)45-30-37(23-27-47(45)53(48)38-16-5-2-6-17-38)36-22-26-46-43(29-36)44-28-34-14-7-8-15-35(34)31-49(44)54(46)39-24-25-42-41-18-9-10-21-50(41)55-51(42)32-39/h1-32H. The van der Waals surface area contributed by atoms with E-state index >= 15 is 0 Å². The van der Waals surface area contributed by atoms with Crippen LogP contribution in [0.3, 0.4) is 0 Å². The van der Waals surface area contributed by atoms with E-state index in [0.717, 1.165) is 38.8 Å². The summed E-state index contributed by atoms with van der Waals surface area (Å²) in [4.78, 5) is 0. The van der Waals surface area contributed by atoms with E-state index in [9.17, 15) is 0 Å². The van der Waals surface area contributed by atoms with Crippen LogP contribution in [-0.2, 0) is 0 Å². The van der Waals surface area contributed by atoms with Gasteiger partial charge in [-0.2, -0.15) is 0 Å². The predicted molar refractivity (Wildman–Crippen MR) is 231 cm³/mol. The first-order valence-corrected chi connectivity index (χ1v) is 18.8. The molecule has 0 saturated heterocycles. The molecule has 0 fully saturated rings. The van der Waals surface area contributed by atoms with Gasteiger partial charge in [-0.3, -0.25) is 0 Å². The van der Waals surface area contributed by atoms with Crippen LogP contribution in [0.1, 0.15) is 0 Å². The van der Waals surface area contributed by atoms with Gasteiger partial charge >= 0.3 is 0 Å². The molecule has 0 radical (unpaired) electrons. The molecule has 3 heteroatoms. The first kappa shape index (κ1) is 30.1. The lowest BCUT2D eigenvalue weighted by Crippen LogP contribution is -1.94. The van der Waals surface area contributed by atoms with E-state index in [-0.39, 0.29) is 0 Å². The molecule has 256 valence electrons. The highest BCUT2D eigenvalue weighted by molar-refractivity contribution is 6.18. The zero-order valence-corrected chi connectivity index (χ0v) is 29.8. The fourth-order valence-electron chi connectivity index (χ4n) is 8.98. The average molecular weight is 701 g/mol. The molecule has 0 unspecified atom stereocenters. The van der Waals surface area contributed by atoms with Crippen molar-refractivity contribution in [1.82, 2.24) is 9.13 Å². The minimum atomic E-state index is 0.893. The van der Waals surface area contributed by atoms with Gasteiger partial charge in [0, 0.05) is 49.8 Å². The molecule has 12 rings (SSSR count). The summed E-state index contributed by atoms with van der Waals surface area (Å²) < 4.78 is 11.2. The number of nitrogens with zero attached hydrogens (tertiary/aromatic N) is 2. The Morgan fingerprint density at radius 1 is 0.309 bits per heavy atom. The Hall–Kier alpha value is -7.36. The van der Waals surface area contributed by atoms with E-state index in [2.05, 4.69) is 191 Å². The van der Waals surface area contributed by atoms with E-state index in [1.54, 1.807) is 0 Å². The minimum Gasteiger partial charge on any atom is -0.456 e. The van der Waals surface area contributed by atoms with Gasteiger partial charge in [0.05, 0.1) is 22.1 Å². The Morgan fingerprint density at radius 2 is 0.945 bits per heavy atom. The summed E-state index contributed by atoms with van der Waals surface area (Å²) in [6.07, 6.45) is 0. The van der Waals surface area contributed by atoms with Gasteiger partial charge in [0.2, 0.25) is 0 Å². The zero-order chi connectivity index (χ0) is 36.0. The van der Waals surface area contributed by atoms with Gasteiger partial charge in [-0.05, 0) is 106 Å². The normalized spacial score (nSPS) is 12.0. The molecule has 0 N–H and O–H groups in total. The molecule has 0 spiro atoms. The second-order valence-corrected chi connectivity index (χ2v) is 14.5. The first-order chi connectivity index (χ1) is 27.3. The molecule has 0 bridgehead atoms. The molecule has 3 heterocycles. The Bertz CT molecular complexity index is 3470. The van der Waals surface area contributed by atoms with E-state index in [1.165, 1.54) is 71.1 Å². The number of hydrogen-bond donors (Lipinski definition) is 0. The third kappa shape index (κ3) is 4.50. The maximum Gasteiger partial charge on any atom is 0.137 e. The zero-order valence-electron chi connectivity index (χ0n) is 29.8. The predicted octanol–water partition coefficient (Wildman–Crippen LogP) is 14.3. The van der Waals surface area contributed by atoms with E-state index in [4.69, 9.17) is 4.42 Å². The summed E-state index contributed by atoms with van der Waals surface area (Å²) in [6.45, 7) is 0. The quantitative estimate of drug-likeness (QED) is 0.179. The van der Waals surface area contributed by atoms with Crippen molar-refractivity contribution in [1.29, 1.82) is 0 Å². The fourth-order valence-corrected chi connectivity index (χ4v) is 8.98. The molecule has 3 nitrogen and oxygen atoms in total. The highest BCUT2D eigenvalue weighted by Crippen LogP contribution is 2.42. The maximum absolute atomic E-state index is 6.38. The van der Waals surface area contributed by atoms with Gasteiger partial charge < -0.3 is 13.6 Å². The highest BCUT2D eigenvalue weighted by Gasteiger charge is 2.19. The monoisotopic (exact) mass is 700 g/mol. The van der Waals surface area contributed by atoms with Gasteiger partial charge in [0.1, 0.15) is 11.2 Å². The highest BCUT2D eigenvalue weighted by atomic mass is 16.3. The maximum atomic E-state index is 6.38. The number of rotatable bonds is 4. The molecule has 55 heavy (non-hydrogen) atoms. The van der Waals surface area contributed by atoms with Crippen molar-refractivity contribution in [3.63, 3.8) is 0 Å². The van der Waals surface area contributed by atoms with E-state index < -0.39 is 0 Å². The topological polar surface area (TPSA) is 23.0 Å². The van der Waals surface area contributed by atoms with Gasteiger partial charge in [0.15, 0.2) is 0 Å². The van der Waals surface area contributed by atoms with Crippen LogP contribution in [0.25, 0.3) is 110 Å². The molecule has 0 atom stereocenters. The summed E-state index contributed by atoms with van der Waals surface area (Å²) in [5, 5.41) is 9.68. The van der Waals surface area contributed by atoms with Crippen LogP contribution < -0.4 is 0 Å². The number of hydrogen-bond acceptors (Lipinski definition) is 1. The van der Waals surface area contributed by atoms with Crippen LogP contribution >= 0.6 is 0 Å². The number of aromatic nitrogens is 2. The Morgan fingerprint density at radius 3 is 1.76 bits per heavy atom. The van der Waals surface area contributed by atoms with Crippen LogP contribution in [0.5, 0.6) is 0 Å². The van der Waals surface area contributed by atoms with E-state index in [1.807, 2.05) is 12.1 Å². The lowest BCUT2D eigenvalue weighted by molar-refractivity contribution is 0.668. The van der Waals surface area contributed by atoms with Gasteiger partial charge in [-0.1, -0.05) is 115 Å². The first-order valence-electron chi connectivity index (χ1n) is 18.8. The number of fused-ring (bicyclic) bond motifs is 10. The molecular formula is C52H32N2O. The summed E-state index contributed by atoms with van der Waals surface area (Å²) in [5.41, 5.74) is 13.6. The van der Waals surface area contributed by atoms with Gasteiger partial charge in [-0.25, -0.2) is 0 Å². The third-order valence-electron chi connectivity index (χ3n) is 11.5. The van der Waals surface area contributed by atoms with Crippen molar-refractivity contribution >= 4 is 76.3 Å². The molecule has 0 aliphatic rings. The molecule has 0 saturated carbocycles. The molecule has 3 aromatic heterocycles. The fraction of sp³-hybridized carbons (Fsp3) is 0. The number of para-hydroxylation sites is 2. The molecular weight excluding hydrogens is 669 g/mol. The van der Waals surface area contributed by atoms with Crippen molar-refractivity contribution in [2.75, 3.05) is 0 Å². The van der Waals surface area contributed by atoms with Crippen LogP contribution in [0, 0.1) is 0 Å². The van der Waals surface area contributed by atoms with Crippen LogP contribution in [0.4, 0.5) is 0 Å². The second kappa shape index (κ2) is 11.6. The summed E-state index contributed by atoms with van der Waals surface area (Å²) in [7, 11) is 0. The molecule has 0 aliphatic carbocycles. The minimum absolute atomic E-state index is 0.893.